The van der Waals surface area contributed by atoms with Crippen LogP contribution in [0.15, 0.2) is 36.5 Å². The molecule has 1 fully saturated rings. The van der Waals surface area contributed by atoms with Crippen LogP contribution in [0, 0.1) is 11.8 Å². The minimum absolute atomic E-state index is 0.0591. The number of H-pyrrole nitrogens is 1. The Morgan fingerprint density at radius 1 is 1.20 bits per heavy atom. The van der Waals surface area contributed by atoms with Gasteiger partial charge in [-0.3, -0.25) is 4.79 Å². The molecule has 2 N–H and O–H groups in total. The number of hydrogen-bond donors (Lipinski definition) is 2. The first kappa shape index (κ1) is 20.2. The number of methoxy groups -OCH3 is 2. The quantitative estimate of drug-likeness (QED) is 0.593. The standard InChI is InChI=1S/C23H28N4O3/c1-27(2)11-10-14-12-16(14)23(28)26-20-9-8-15-17(13-24-22(15)25-20)21-18(29-3)6-5-7-19(21)30-4/h5-9,13-14,16H,10-12H2,1-4H3,(H2,24,25,26,28)/t14-,16-/m1/s1. The van der Waals surface area contributed by atoms with E-state index in [4.69, 9.17) is 9.47 Å². The monoisotopic (exact) mass is 408 g/mol. The molecule has 0 saturated heterocycles. The SMILES string of the molecule is COc1cccc(OC)c1-c1c[nH]c2nc(NC(=O)[C@@H]3C[C@H]3CCN(C)C)ccc12. The molecule has 1 aliphatic carbocycles. The number of anilines is 1. The lowest BCUT2D eigenvalue weighted by atomic mass is 10.0. The lowest BCUT2D eigenvalue weighted by Gasteiger charge is -2.12. The fourth-order valence-electron chi connectivity index (χ4n) is 3.93. The van der Waals surface area contributed by atoms with Crippen LogP contribution >= 0.6 is 0 Å². The van der Waals surface area contributed by atoms with Gasteiger partial charge in [-0.15, -0.1) is 0 Å². The third-order valence-corrected chi connectivity index (χ3v) is 5.69. The van der Waals surface area contributed by atoms with E-state index in [9.17, 15) is 4.79 Å². The number of nitrogens with zero attached hydrogens (tertiary/aromatic N) is 2. The summed E-state index contributed by atoms with van der Waals surface area (Å²) in [6.45, 7) is 1.01. The zero-order valence-corrected chi connectivity index (χ0v) is 17.9. The van der Waals surface area contributed by atoms with Crippen molar-refractivity contribution in [1.82, 2.24) is 14.9 Å². The topological polar surface area (TPSA) is 79.5 Å². The summed E-state index contributed by atoms with van der Waals surface area (Å²) in [6, 6.07) is 9.51. The van der Waals surface area contributed by atoms with Crippen molar-refractivity contribution in [2.45, 2.75) is 12.8 Å². The Labute approximate surface area is 176 Å². The minimum Gasteiger partial charge on any atom is -0.496 e. The van der Waals surface area contributed by atoms with Gasteiger partial charge in [-0.05, 0) is 63.7 Å². The molecule has 0 unspecified atom stereocenters. The van der Waals surface area contributed by atoms with Crippen molar-refractivity contribution in [2.24, 2.45) is 11.8 Å². The first-order chi connectivity index (χ1) is 14.5. The number of ether oxygens (including phenoxy) is 2. The van der Waals surface area contributed by atoms with Crippen molar-refractivity contribution >= 4 is 22.8 Å². The molecule has 1 aliphatic rings. The molecule has 0 aliphatic heterocycles. The molecule has 4 rings (SSSR count). The van der Waals surface area contributed by atoms with Gasteiger partial charge in [-0.25, -0.2) is 4.98 Å². The van der Waals surface area contributed by atoms with Gasteiger partial charge < -0.3 is 24.7 Å². The fourth-order valence-corrected chi connectivity index (χ4v) is 3.93. The average molecular weight is 409 g/mol. The number of amides is 1. The number of rotatable bonds is 8. The molecule has 3 aromatic rings. The first-order valence-corrected chi connectivity index (χ1v) is 10.2. The summed E-state index contributed by atoms with van der Waals surface area (Å²) >= 11 is 0. The molecular weight excluding hydrogens is 380 g/mol. The normalized spacial score (nSPS) is 17.9. The molecule has 30 heavy (non-hydrogen) atoms. The van der Waals surface area contributed by atoms with Crippen LogP contribution in [0.25, 0.3) is 22.2 Å². The van der Waals surface area contributed by atoms with Crippen LogP contribution in [-0.2, 0) is 4.79 Å². The highest BCUT2D eigenvalue weighted by molar-refractivity contribution is 5.99. The molecule has 0 bridgehead atoms. The fraction of sp³-hybridized carbons (Fsp3) is 0.391. The first-order valence-electron chi connectivity index (χ1n) is 10.2. The molecule has 7 nitrogen and oxygen atoms in total. The zero-order valence-electron chi connectivity index (χ0n) is 17.9. The van der Waals surface area contributed by atoms with Crippen molar-refractivity contribution < 1.29 is 14.3 Å². The molecule has 2 atom stereocenters. The van der Waals surface area contributed by atoms with Gasteiger partial charge in [0.15, 0.2) is 0 Å². The second kappa shape index (κ2) is 8.36. The number of carbonyl (C=O) groups excluding carboxylic acids is 1. The summed E-state index contributed by atoms with van der Waals surface area (Å²) in [5.74, 6) is 2.65. The summed E-state index contributed by atoms with van der Waals surface area (Å²) in [7, 11) is 7.40. The van der Waals surface area contributed by atoms with Crippen molar-refractivity contribution in [2.75, 3.05) is 40.2 Å². The highest BCUT2D eigenvalue weighted by atomic mass is 16.5. The van der Waals surface area contributed by atoms with Gasteiger partial charge in [-0.1, -0.05) is 6.07 Å². The van der Waals surface area contributed by atoms with E-state index >= 15 is 0 Å². The highest BCUT2D eigenvalue weighted by Gasteiger charge is 2.42. The van der Waals surface area contributed by atoms with E-state index in [1.807, 2.05) is 36.5 Å². The number of aromatic amines is 1. The second-order valence-corrected chi connectivity index (χ2v) is 8.02. The number of fused-ring (bicyclic) bond motifs is 1. The van der Waals surface area contributed by atoms with E-state index in [-0.39, 0.29) is 11.8 Å². The summed E-state index contributed by atoms with van der Waals surface area (Å²) in [5, 5.41) is 3.91. The van der Waals surface area contributed by atoms with Gasteiger partial charge in [0.05, 0.1) is 19.8 Å². The van der Waals surface area contributed by atoms with Crippen molar-refractivity contribution in [3.05, 3.63) is 36.5 Å². The van der Waals surface area contributed by atoms with Crippen LogP contribution in [0.4, 0.5) is 5.82 Å². The van der Waals surface area contributed by atoms with Crippen molar-refractivity contribution in [3.63, 3.8) is 0 Å². The van der Waals surface area contributed by atoms with Gasteiger partial charge in [0, 0.05) is 23.1 Å². The molecular formula is C23H28N4O3. The van der Waals surface area contributed by atoms with Crippen LogP contribution in [-0.4, -0.2) is 55.6 Å². The van der Waals surface area contributed by atoms with E-state index in [1.54, 1.807) is 14.2 Å². The van der Waals surface area contributed by atoms with Crippen LogP contribution in [0.2, 0.25) is 0 Å². The lowest BCUT2D eigenvalue weighted by Crippen LogP contribution is -2.18. The Bertz CT molecular complexity index is 1040. The van der Waals surface area contributed by atoms with Gasteiger partial charge in [-0.2, -0.15) is 0 Å². The zero-order chi connectivity index (χ0) is 21.3. The largest absolute Gasteiger partial charge is 0.496 e. The smallest absolute Gasteiger partial charge is 0.228 e. The van der Waals surface area contributed by atoms with Gasteiger partial charge in [0.1, 0.15) is 23.0 Å². The van der Waals surface area contributed by atoms with Crippen LogP contribution in [0.3, 0.4) is 0 Å². The van der Waals surface area contributed by atoms with Crippen LogP contribution < -0.4 is 14.8 Å². The van der Waals surface area contributed by atoms with Crippen LogP contribution in [0.1, 0.15) is 12.8 Å². The third kappa shape index (κ3) is 3.98. The highest BCUT2D eigenvalue weighted by Crippen LogP contribution is 2.43. The molecule has 0 radical (unpaired) electrons. The summed E-state index contributed by atoms with van der Waals surface area (Å²) < 4.78 is 11.1. The Kier molecular flexibility index (Phi) is 5.63. The van der Waals surface area contributed by atoms with Crippen molar-refractivity contribution in [3.8, 4) is 22.6 Å². The van der Waals surface area contributed by atoms with Gasteiger partial charge >= 0.3 is 0 Å². The maximum atomic E-state index is 12.6. The molecule has 2 heterocycles. The maximum Gasteiger partial charge on any atom is 0.228 e. The van der Waals surface area contributed by atoms with E-state index in [2.05, 4.69) is 34.3 Å². The summed E-state index contributed by atoms with van der Waals surface area (Å²) in [5.41, 5.74) is 2.51. The Morgan fingerprint density at radius 2 is 1.93 bits per heavy atom. The Morgan fingerprint density at radius 3 is 2.60 bits per heavy atom. The molecule has 1 saturated carbocycles. The minimum atomic E-state index is 0.0591. The van der Waals surface area contributed by atoms with E-state index in [0.717, 1.165) is 47.4 Å². The summed E-state index contributed by atoms with van der Waals surface area (Å²) in [4.78, 5) is 22.5. The lowest BCUT2D eigenvalue weighted by molar-refractivity contribution is -0.117. The molecule has 1 aromatic carbocycles. The number of carbonyl (C=O) groups is 1. The van der Waals surface area contributed by atoms with Gasteiger partial charge in [0.2, 0.25) is 5.91 Å². The maximum absolute atomic E-state index is 12.6. The number of nitrogens with one attached hydrogen (secondary N) is 2. The Hall–Kier alpha value is -3.06. The molecule has 1 amide bonds. The van der Waals surface area contributed by atoms with E-state index in [1.165, 1.54) is 0 Å². The van der Waals surface area contributed by atoms with Gasteiger partial charge in [0.25, 0.3) is 0 Å². The van der Waals surface area contributed by atoms with E-state index < -0.39 is 0 Å². The summed E-state index contributed by atoms with van der Waals surface area (Å²) in [6.07, 6.45) is 3.91. The third-order valence-electron chi connectivity index (χ3n) is 5.69. The average Bonchev–Trinajstić information content (AvgIpc) is 3.42. The number of pyridine rings is 1. The molecule has 0 spiro atoms. The molecule has 158 valence electrons. The predicted octanol–water partition coefficient (Wildman–Crippen LogP) is 3.77. The Balaban J connectivity index is 1.53. The number of aromatic nitrogens is 2. The van der Waals surface area contributed by atoms with E-state index in [0.29, 0.717) is 17.4 Å². The van der Waals surface area contributed by atoms with Crippen LogP contribution in [0.5, 0.6) is 11.5 Å². The second-order valence-electron chi connectivity index (χ2n) is 8.02. The predicted molar refractivity (Wildman–Crippen MR) is 118 cm³/mol. The number of benzene rings is 1. The number of hydrogen-bond acceptors (Lipinski definition) is 5. The van der Waals surface area contributed by atoms with Crippen molar-refractivity contribution in [1.29, 1.82) is 0 Å². The molecule has 7 heteroatoms. The molecule has 2 aromatic heterocycles.